The Kier molecular flexibility index (Phi) is 2.29. The van der Waals surface area contributed by atoms with Crippen molar-refractivity contribution in [1.82, 2.24) is 0 Å². The molecule has 0 aliphatic rings. The molecule has 0 saturated carbocycles. The summed E-state index contributed by atoms with van der Waals surface area (Å²) in [6.07, 6.45) is 0.798. The molecule has 11 heavy (non-hydrogen) atoms. The van der Waals surface area contributed by atoms with Gasteiger partial charge in [-0.25, -0.2) is 4.79 Å². The standard InChI is InChI=1S/C8H10O2S/c1-3-6-4-5(2)11-7(6)8(9)10/h4H,3H2,1-2H3,(H,9,10). The summed E-state index contributed by atoms with van der Waals surface area (Å²) in [4.78, 5) is 12.2. The maximum absolute atomic E-state index is 10.6. The highest BCUT2D eigenvalue weighted by atomic mass is 32.1. The van der Waals surface area contributed by atoms with Crippen LogP contribution >= 0.6 is 11.3 Å². The molecule has 0 atom stereocenters. The molecule has 0 saturated heterocycles. The van der Waals surface area contributed by atoms with E-state index in [1.165, 1.54) is 11.3 Å². The van der Waals surface area contributed by atoms with E-state index < -0.39 is 5.97 Å². The second-order valence-corrected chi connectivity index (χ2v) is 3.63. The van der Waals surface area contributed by atoms with E-state index in [-0.39, 0.29) is 0 Å². The van der Waals surface area contributed by atoms with Gasteiger partial charge in [-0.1, -0.05) is 6.92 Å². The molecule has 0 radical (unpaired) electrons. The van der Waals surface area contributed by atoms with Crippen molar-refractivity contribution in [2.45, 2.75) is 20.3 Å². The number of aryl methyl sites for hydroxylation is 2. The van der Waals surface area contributed by atoms with Gasteiger partial charge in [-0.15, -0.1) is 11.3 Å². The van der Waals surface area contributed by atoms with E-state index >= 15 is 0 Å². The molecule has 1 N–H and O–H groups in total. The maximum atomic E-state index is 10.6. The number of hydrogen-bond donors (Lipinski definition) is 1. The van der Waals surface area contributed by atoms with Crippen molar-refractivity contribution in [2.75, 3.05) is 0 Å². The zero-order chi connectivity index (χ0) is 8.43. The minimum atomic E-state index is -0.806. The van der Waals surface area contributed by atoms with Crippen molar-refractivity contribution in [1.29, 1.82) is 0 Å². The highest BCUT2D eigenvalue weighted by Gasteiger charge is 2.11. The van der Waals surface area contributed by atoms with Gasteiger partial charge in [0.1, 0.15) is 4.88 Å². The number of hydrogen-bond acceptors (Lipinski definition) is 2. The fourth-order valence-corrected chi connectivity index (χ4v) is 1.96. The molecule has 60 valence electrons. The minimum Gasteiger partial charge on any atom is -0.477 e. The number of carboxylic acid groups (broad SMARTS) is 1. The Morgan fingerprint density at radius 2 is 2.36 bits per heavy atom. The fraction of sp³-hybridized carbons (Fsp3) is 0.375. The molecular formula is C8H10O2S. The summed E-state index contributed by atoms with van der Waals surface area (Å²) < 4.78 is 0. The van der Waals surface area contributed by atoms with E-state index in [0.717, 1.165) is 16.9 Å². The first-order chi connectivity index (χ1) is 5.15. The molecule has 1 rings (SSSR count). The fourth-order valence-electron chi connectivity index (χ4n) is 1.01. The summed E-state index contributed by atoms with van der Waals surface area (Å²) in [6.45, 7) is 3.89. The lowest BCUT2D eigenvalue weighted by atomic mass is 10.2. The molecule has 0 aliphatic carbocycles. The van der Waals surface area contributed by atoms with Crippen molar-refractivity contribution >= 4 is 17.3 Å². The van der Waals surface area contributed by atoms with Crippen LogP contribution < -0.4 is 0 Å². The predicted octanol–water partition coefficient (Wildman–Crippen LogP) is 2.32. The molecule has 1 aromatic heterocycles. The number of aromatic carboxylic acids is 1. The van der Waals surface area contributed by atoms with Gasteiger partial charge in [0.05, 0.1) is 0 Å². The molecule has 0 amide bonds. The van der Waals surface area contributed by atoms with Crippen molar-refractivity contribution in [2.24, 2.45) is 0 Å². The summed E-state index contributed by atoms with van der Waals surface area (Å²) in [5, 5.41) is 8.72. The molecule has 0 aromatic carbocycles. The van der Waals surface area contributed by atoms with E-state index in [1.54, 1.807) is 0 Å². The van der Waals surface area contributed by atoms with Crippen molar-refractivity contribution in [3.8, 4) is 0 Å². The first-order valence-corrected chi connectivity index (χ1v) is 4.29. The van der Waals surface area contributed by atoms with Gasteiger partial charge in [0.15, 0.2) is 0 Å². The van der Waals surface area contributed by atoms with Crippen LogP contribution in [0.5, 0.6) is 0 Å². The molecule has 0 bridgehead atoms. The van der Waals surface area contributed by atoms with Crippen molar-refractivity contribution in [3.05, 3.63) is 21.4 Å². The van der Waals surface area contributed by atoms with Gasteiger partial charge in [0.2, 0.25) is 0 Å². The van der Waals surface area contributed by atoms with E-state index in [9.17, 15) is 4.79 Å². The summed E-state index contributed by atoms with van der Waals surface area (Å²) in [7, 11) is 0. The monoisotopic (exact) mass is 170 g/mol. The molecule has 0 unspecified atom stereocenters. The number of rotatable bonds is 2. The summed E-state index contributed by atoms with van der Waals surface area (Å²) in [6, 6.07) is 1.94. The lowest BCUT2D eigenvalue weighted by Gasteiger charge is -1.91. The van der Waals surface area contributed by atoms with Gasteiger partial charge in [-0.3, -0.25) is 0 Å². The summed E-state index contributed by atoms with van der Waals surface area (Å²) in [5.41, 5.74) is 0.944. The summed E-state index contributed by atoms with van der Waals surface area (Å²) in [5.74, 6) is -0.806. The van der Waals surface area contributed by atoms with E-state index in [2.05, 4.69) is 0 Å². The smallest absolute Gasteiger partial charge is 0.346 e. The quantitative estimate of drug-likeness (QED) is 0.739. The van der Waals surface area contributed by atoms with E-state index in [4.69, 9.17) is 5.11 Å². The highest BCUT2D eigenvalue weighted by Crippen LogP contribution is 2.21. The van der Waals surface area contributed by atoms with Crippen molar-refractivity contribution in [3.63, 3.8) is 0 Å². The Morgan fingerprint density at radius 1 is 1.73 bits per heavy atom. The molecule has 0 aliphatic heterocycles. The number of carboxylic acids is 1. The maximum Gasteiger partial charge on any atom is 0.346 e. The van der Waals surface area contributed by atoms with E-state index in [1.807, 2.05) is 19.9 Å². The second kappa shape index (κ2) is 3.05. The van der Waals surface area contributed by atoms with Crippen LogP contribution in [0.3, 0.4) is 0 Å². The lowest BCUT2D eigenvalue weighted by Crippen LogP contribution is -1.95. The predicted molar refractivity (Wildman–Crippen MR) is 45.4 cm³/mol. The van der Waals surface area contributed by atoms with Gasteiger partial charge < -0.3 is 5.11 Å². The average Bonchev–Trinajstić information content (AvgIpc) is 2.30. The molecule has 1 aromatic rings. The van der Waals surface area contributed by atoms with Gasteiger partial charge in [-0.05, 0) is 25.0 Å². The van der Waals surface area contributed by atoms with Crippen LogP contribution in [-0.2, 0) is 6.42 Å². The molecule has 2 nitrogen and oxygen atoms in total. The van der Waals surface area contributed by atoms with Crippen molar-refractivity contribution < 1.29 is 9.90 Å². The van der Waals surface area contributed by atoms with Crippen LogP contribution in [0.2, 0.25) is 0 Å². The van der Waals surface area contributed by atoms with E-state index in [0.29, 0.717) is 4.88 Å². The van der Waals surface area contributed by atoms with Crippen LogP contribution in [0.15, 0.2) is 6.07 Å². The first kappa shape index (κ1) is 8.27. The Balaban J connectivity index is 3.12. The highest BCUT2D eigenvalue weighted by molar-refractivity contribution is 7.14. The Hall–Kier alpha value is -0.830. The Labute approximate surface area is 69.5 Å². The zero-order valence-corrected chi connectivity index (χ0v) is 7.36. The SMILES string of the molecule is CCc1cc(C)sc1C(=O)O. The average molecular weight is 170 g/mol. The molecule has 1 heterocycles. The number of thiophene rings is 1. The van der Waals surface area contributed by atoms with Crippen LogP contribution in [0.4, 0.5) is 0 Å². The van der Waals surface area contributed by atoms with Gasteiger partial charge in [0, 0.05) is 4.88 Å². The topological polar surface area (TPSA) is 37.3 Å². The first-order valence-electron chi connectivity index (χ1n) is 3.47. The Bertz CT molecular complexity index is 276. The third kappa shape index (κ3) is 1.60. The largest absolute Gasteiger partial charge is 0.477 e. The third-order valence-corrected chi connectivity index (χ3v) is 2.59. The molecular weight excluding hydrogens is 160 g/mol. The summed E-state index contributed by atoms with van der Waals surface area (Å²) >= 11 is 1.35. The normalized spacial score (nSPS) is 10.0. The van der Waals surface area contributed by atoms with Crippen LogP contribution in [-0.4, -0.2) is 11.1 Å². The van der Waals surface area contributed by atoms with Crippen LogP contribution in [0, 0.1) is 6.92 Å². The third-order valence-electron chi connectivity index (χ3n) is 1.51. The lowest BCUT2D eigenvalue weighted by molar-refractivity contribution is 0.0701. The van der Waals surface area contributed by atoms with Crippen LogP contribution in [0.1, 0.15) is 27.0 Å². The molecule has 0 spiro atoms. The zero-order valence-electron chi connectivity index (χ0n) is 6.55. The van der Waals surface area contributed by atoms with Gasteiger partial charge in [-0.2, -0.15) is 0 Å². The van der Waals surface area contributed by atoms with Crippen LogP contribution in [0.25, 0.3) is 0 Å². The molecule has 0 fully saturated rings. The van der Waals surface area contributed by atoms with Gasteiger partial charge >= 0.3 is 5.97 Å². The minimum absolute atomic E-state index is 0.491. The van der Waals surface area contributed by atoms with Gasteiger partial charge in [0.25, 0.3) is 0 Å². The second-order valence-electron chi connectivity index (χ2n) is 2.37. The number of carbonyl (C=O) groups is 1. The Morgan fingerprint density at radius 3 is 2.73 bits per heavy atom. The molecule has 3 heteroatoms.